The number of para-hydroxylation sites is 1. The van der Waals surface area contributed by atoms with E-state index in [9.17, 15) is 14.4 Å². The van der Waals surface area contributed by atoms with Crippen LogP contribution in [-0.4, -0.2) is 31.4 Å². The first-order valence-corrected chi connectivity index (χ1v) is 9.31. The van der Waals surface area contributed by atoms with Crippen molar-refractivity contribution in [2.45, 2.75) is 6.54 Å². The second-order valence-electron chi connectivity index (χ2n) is 5.79. The number of nitrogens with one attached hydrogen (secondary N) is 1. The van der Waals surface area contributed by atoms with E-state index in [0.29, 0.717) is 21.9 Å². The van der Waals surface area contributed by atoms with Gasteiger partial charge in [0.25, 0.3) is 11.8 Å². The molecule has 1 aromatic carbocycles. The molecule has 0 unspecified atom stereocenters. The molecule has 3 rings (SSSR count). The van der Waals surface area contributed by atoms with Gasteiger partial charge in [0, 0.05) is 7.05 Å². The molecular formula is C20H18N2O5S. The standard InChI is InChI=1S/C20H18N2O5S/c1-22(18(23)13-27-20(25)17-9-5-11-28-17)16-8-3-2-7-15(16)19(24)21-12-14-6-4-10-26-14/h2-11H,12-13H2,1H3,(H,21,24). The van der Waals surface area contributed by atoms with Crippen molar-refractivity contribution < 1.29 is 23.5 Å². The summed E-state index contributed by atoms with van der Waals surface area (Å²) in [5.41, 5.74) is 0.742. The van der Waals surface area contributed by atoms with E-state index in [0.717, 1.165) is 0 Å². The zero-order chi connectivity index (χ0) is 19.9. The summed E-state index contributed by atoms with van der Waals surface area (Å²) in [6.07, 6.45) is 1.53. The molecule has 2 aromatic heterocycles. The van der Waals surface area contributed by atoms with E-state index in [4.69, 9.17) is 9.15 Å². The third kappa shape index (κ3) is 4.66. The van der Waals surface area contributed by atoms with Crippen LogP contribution in [0.2, 0.25) is 0 Å². The molecule has 0 aliphatic heterocycles. The normalized spacial score (nSPS) is 10.3. The quantitative estimate of drug-likeness (QED) is 0.618. The fraction of sp³-hybridized carbons (Fsp3) is 0.150. The molecule has 28 heavy (non-hydrogen) atoms. The van der Waals surface area contributed by atoms with Gasteiger partial charge in [-0.05, 0) is 35.7 Å². The molecule has 8 heteroatoms. The first kappa shape index (κ1) is 19.4. The van der Waals surface area contributed by atoms with Gasteiger partial charge in [-0.15, -0.1) is 11.3 Å². The van der Waals surface area contributed by atoms with Crippen molar-refractivity contribution in [1.29, 1.82) is 0 Å². The van der Waals surface area contributed by atoms with E-state index < -0.39 is 18.5 Å². The van der Waals surface area contributed by atoms with Crippen LogP contribution in [0.1, 0.15) is 25.8 Å². The van der Waals surface area contributed by atoms with E-state index in [1.54, 1.807) is 53.9 Å². The Hall–Kier alpha value is -3.39. The van der Waals surface area contributed by atoms with Crippen LogP contribution < -0.4 is 10.2 Å². The number of carbonyl (C=O) groups excluding carboxylic acids is 3. The van der Waals surface area contributed by atoms with Crippen molar-refractivity contribution >= 4 is 34.8 Å². The SMILES string of the molecule is CN(C(=O)COC(=O)c1cccs1)c1ccccc1C(=O)NCc1ccco1. The number of furan rings is 1. The average molecular weight is 398 g/mol. The van der Waals surface area contributed by atoms with Crippen LogP contribution in [0, 0.1) is 0 Å². The van der Waals surface area contributed by atoms with Gasteiger partial charge in [0.2, 0.25) is 0 Å². The lowest BCUT2D eigenvalue weighted by Gasteiger charge is -2.20. The Labute approximate surface area is 165 Å². The predicted molar refractivity (Wildman–Crippen MR) is 104 cm³/mol. The number of likely N-dealkylation sites (N-methyl/N-ethyl adjacent to an activating group) is 1. The van der Waals surface area contributed by atoms with E-state index in [1.165, 1.54) is 29.5 Å². The van der Waals surface area contributed by atoms with Gasteiger partial charge in [-0.2, -0.15) is 0 Å². The summed E-state index contributed by atoms with van der Waals surface area (Å²) >= 11 is 1.24. The van der Waals surface area contributed by atoms with Crippen LogP contribution in [0.5, 0.6) is 0 Å². The molecule has 7 nitrogen and oxygen atoms in total. The highest BCUT2D eigenvalue weighted by Gasteiger charge is 2.20. The highest BCUT2D eigenvalue weighted by molar-refractivity contribution is 7.11. The van der Waals surface area contributed by atoms with Crippen LogP contribution >= 0.6 is 11.3 Å². The van der Waals surface area contributed by atoms with Crippen molar-refractivity contribution in [3.05, 3.63) is 76.4 Å². The number of ether oxygens (including phenoxy) is 1. The molecule has 2 heterocycles. The summed E-state index contributed by atoms with van der Waals surface area (Å²) in [5, 5.41) is 4.50. The summed E-state index contributed by atoms with van der Waals surface area (Å²) in [6, 6.07) is 13.5. The smallest absolute Gasteiger partial charge is 0.348 e. The van der Waals surface area contributed by atoms with Crippen molar-refractivity contribution in [3.8, 4) is 0 Å². The van der Waals surface area contributed by atoms with Gasteiger partial charge >= 0.3 is 5.97 Å². The number of amides is 2. The molecule has 1 N–H and O–H groups in total. The highest BCUT2D eigenvalue weighted by Crippen LogP contribution is 2.20. The Balaban J connectivity index is 1.64. The summed E-state index contributed by atoms with van der Waals surface area (Å²) < 4.78 is 10.2. The molecule has 0 bridgehead atoms. The van der Waals surface area contributed by atoms with Gasteiger partial charge in [-0.3, -0.25) is 9.59 Å². The van der Waals surface area contributed by atoms with Crippen molar-refractivity contribution in [3.63, 3.8) is 0 Å². The van der Waals surface area contributed by atoms with E-state index in [1.807, 2.05) is 0 Å². The number of carbonyl (C=O) groups is 3. The van der Waals surface area contributed by atoms with Gasteiger partial charge in [-0.1, -0.05) is 18.2 Å². The third-order valence-electron chi connectivity index (χ3n) is 3.94. The maximum atomic E-state index is 12.5. The molecule has 0 atom stereocenters. The summed E-state index contributed by atoms with van der Waals surface area (Å²) in [5.74, 6) is -0.726. The van der Waals surface area contributed by atoms with E-state index >= 15 is 0 Å². The number of esters is 1. The highest BCUT2D eigenvalue weighted by atomic mass is 32.1. The molecule has 144 valence electrons. The number of nitrogens with zero attached hydrogens (tertiary/aromatic N) is 1. The number of benzene rings is 1. The molecule has 0 fully saturated rings. The molecule has 0 aliphatic rings. The maximum absolute atomic E-state index is 12.5. The molecule has 0 spiro atoms. The Morgan fingerprint density at radius 3 is 2.64 bits per heavy atom. The van der Waals surface area contributed by atoms with Crippen LogP contribution in [0.3, 0.4) is 0 Å². The maximum Gasteiger partial charge on any atom is 0.348 e. The van der Waals surface area contributed by atoms with Crippen molar-refractivity contribution in [2.75, 3.05) is 18.6 Å². The monoisotopic (exact) mass is 398 g/mol. The minimum absolute atomic E-state index is 0.232. The zero-order valence-corrected chi connectivity index (χ0v) is 15.9. The number of rotatable bonds is 7. The third-order valence-corrected chi connectivity index (χ3v) is 4.79. The van der Waals surface area contributed by atoms with Crippen LogP contribution in [0.15, 0.2) is 64.6 Å². The molecular weight excluding hydrogens is 380 g/mol. The van der Waals surface area contributed by atoms with Crippen LogP contribution in [-0.2, 0) is 16.1 Å². The summed E-state index contributed by atoms with van der Waals surface area (Å²) in [4.78, 5) is 38.6. The number of thiophene rings is 1. The van der Waals surface area contributed by atoms with Gasteiger partial charge in [0.15, 0.2) is 6.61 Å². The molecule has 3 aromatic rings. The number of anilines is 1. The lowest BCUT2D eigenvalue weighted by molar-refractivity contribution is -0.121. The fourth-order valence-corrected chi connectivity index (χ4v) is 3.07. The number of hydrogen-bond donors (Lipinski definition) is 1. The summed E-state index contributed by atoms with van der Waals surface area (Å²) in [6.45, 7) is -0.189. The second-order valence-corrected chi connectivity index (χ2v) is 6.73. The minimum atomic E-state index is -0.554. The zero-order valence-electron chi connectivity index (χ0n) is 15.1. The Kier molecular flexibility index (Phi) is 6.23. The van der Waals surface area contributed by atoms with Gasteiger partial charge in [-0.25, -0.2) is 4.79 Å². The largest absolute Gasteiger partial charge is 0.467 e. The molecule has 0 saturated heterocycles. The average Bonchev–Trinajstić information content (AvgIpc) is 3.43. The number of hydrogen-bond acceptors (Lipinski definition) is 6. The van der Waals surface area contributed by atoms with E-state index in [-0.39, 0.29) is 12.5 Å². The Bertz CT molecular complexity index is 951. The van der Waals surface area contributed by atoms with Crippen molar-refractivity contribution in [2.24, 2.45) is 0 Å². The van der Waals surface area contributed by atoms with Gasteiger partial charge in [0.1, 0.15) is 10.6 Å². The lowest BCUT2D eigenvalue weighted by atomic mass is 10.1. The van der Waals surface area contributed by atoms with Crippen molar-refractivity contribution in [1.82, 2.24) is 5.32 Å². The molecule has 0 aliphatic carbocycles. The lowest BCUT2D eigenvalue weighted by Crippen LogP contribution is -2.33. The second kappa shape index (κ2) is 9.01. The first-order chi connectivity index (χ1) is 13.6. The van der Waals surface area contributed by atoms with Crippen LogP contribution in [0.25, 0.3) is 0 Å². The predicted octanol–water partition coefficient (Wildman–Crippen LogP) is 3.09. The molecule has 0 radical (unpaired) electrons. The molecule has 0 saturated carbocycles. The Morgan fingerprint density at radius 1 is 1.11 bits per heavy atom. The first-order valence-electron chi connectivity index (χ1n) is 8.43. The van der Waals surface area contributed by atoms with Crippen LogP contribution in [0.4, 0.5) is 5.69 Å². The minimum Gasteiger partial charge on any atom is -0.467 e. The fourth-order valence-electron chi connectivity index (χ4n) is 2.46. The van der Waals surface area contributed by atoms with Gasteiger partial charge in [0.05, 0.1) is 24.1 Å². The summed E-state index contributed by atoms with van der Waals surface area (Å²) in [7, 11) is 1.53. The van der Waals surface area contributed by atoms with Gasteiger partial charge < -0.3 is 19.4 Å². The topological polar surface area (TPSA) is 88.8 Å². The van der Waals surface area contributed by atoms with E-state index in [2.05, 4.69) is 5.32 Å². The molecule has 2 amide bonds. The Morgan fingerprint density at radius 2 is 1.93 bits per heavy atom.